The molecule has 3 aromatic carbocycles. The number of aliphatic imine (C=N–C) groups is 1. The van der Waals surface area contributed by atoms with Gasteiger partial charge in [-0.05, 0) is 36.4 Å². The van der Waals surface area contributed by atoms with Crippen molar-refractivity contribution in [2.45, 2.75) is 18.6 Å². The van der Waals surface area contributed by atoms with E-state index in [1.54, 1.807) is 17.0 Å². The molecule has 1 fully saturated rings. The Morgan fingerprint density at radius 2 is 1.68 bits per heavy atom. The first-order chi connectivity index (χ1) is 19.1. The van der Waals surface area contributed by atoms with Crippen molar-refractivity contribution >= 4 is 29.0 Å². The number of halogens is 5. The van der Waals surface area contributed by atoms with Crippen LogP contribution in [0, 0.1) is 11.6 Å². The normalized spacial score (nSPS) is 17.4. The van der Waals surface area contributed by atoms with E-state index in [4.69, 9.17) is 4.74 Å². The summed E-state index contributed by atoms with van der Waals surface area (Å²) in [7, 11) is 1.10. The highest BCUT2D eigenvalue weighted by Gasteiger charge is 2.41. The number of rotatable bonds is 5. The minimum Gasteiger partial charge on any atom is -0.494 e. The van der Waals surface area contributed by atoms with E-state index in [1.165, 1.54) is 47.4 Å². The Morgan fingerprint density at radius 1 is 1.00 bits per heavy atom. The van der Waals surface area contributed by atoms with E-state index in [-0.39, 0.29) is 28.7 Å². The quantitative estimate of drug-likeness (QED) is 0.396. The van der Waals surface area contributed by atoms with Gasteiger partial charge in [-0.15, -0.1) is 0 Å². The number of hydrogen-bond donors (Lipinski definition) is 1. The van der Waals surface area contributed by atoms with E-state index in [2.05, 4.69) is 4.99 Å². The Morgan fingerprint density at radius 3 is 2.33 bits per heavy atom. The minimum absolute atomic E-state index is 0.0511. The number of methoxy groups -OCH3 is 1. The number of guanidine groups is 1. The highest BCUT2D eigenvalue weighted by atomic mass is 19.4. The first kappa shape index (κ1) is 27.2. The Bertz CT molecular complexity index is 1450. The van der Waals surface area contributed by atoms with Crippen LogP contribution in [0.5, 0.6) is 5.75 Å². The van der Waals surface area contributed by atoms with Crippen molar-refractivity contribution in [1.29, 1.82) is 0 Å². The number of carbonyl (C=O) groups is 1. The van der Waals surface area contributed by atoms with Crippen molar-refractivity contribution in [3.05, 3.63) is 83.4 Å². The molecule has 2 aliphatic rings. The van der Waals surface area contributed by atoms with Crippen molar-refractivity contribution in [3.63, 3.8) is 0 Å². The summed E-state index contributed by atoms with van der Waals surface area (Å²) in [5.74, 6) is -2.70. The van der Waals surface area contributed by atoms with Gasteiger partial charge in [0.05, 0.1) is 30.8 Å². The molecule has 0 bridgehead atoms. The Kier molecular flexibility index (Phi) is 7.26. The summed E-state index contributed by atoms with van der Waals surface area (Å²) in [6, 6.07) is 12.6. The molecule has 210 valence electrons. The Balaban J connectivity index is 1.62. The second-order valence-corrected chi connectivity index (χ2v) is 9.38. The first-order valence-electron chi connectivity index (χ1n) is 12.5. The number of hydrogen-bond acceptors (Lipinski definition) is 6. The lowest BCUT2D eigenvalue weighted by molar-refractivity contribution is -0.139. The highest BCUT2D eigenvalue weighted by Crippen LogP contribution is 2.48. The maximum Gasteiger partial charge on any atom is 0.420 e. The SMILES string of the molecule is COc1c(N2C(N3CCN(c4cccc(F)c4)CC3)=Nc3c(F)cccc3C2CC(=O)O)cccc1C(F)(F)F. The molecule has 1 atom stereocenters. The summed E-state index contributed by atoms with van der Waals surface area (Å²) in [5, 5.41) is 9.79. The lowest BCUT2D eigenvalue weighted by Crippen LogP contribution is -2.55. The molecule has 3 aromatic rings. The summed E-state index contributed by atoms with van der Waals surface area (Å²) >= 11 is 0. The molecule has 0 aromatic heterocycles. The molecule has 1 saturated heterocycles. The summed E-state index contributed by atoms with van der Waals surface area (Å²) in [4.78, 5) is 21.7. The van der Waals surface area contributed by atoms with Crippen LogP contribution < -0.4 is 14.5 Å². The lowest BCUT2D eigenvalue weighted by atomic mass is 9.96. The molecule has 1 unspecified atom stereocenters. The van der Waals surface area contributed by atoms with E-state index in [0.717, 1.165) is 13.2 Å². The van der Waals surface area contributed by atoms with E-state index >= 15 is 4.39 Å². The molecule has 0 spiro atoms. The highest BCUT2D eigenvalue weighted by molar-refractivity contribution is 6.02. The van der Waals surface area contributed by atoms with Crippen molar-refractivity contribution in [2.75, 3.05) is 43.1 Å². The molecule has 0 aliphatic carbocycles. The molecular weight excluding hydrogens is 535 g/mol. The molecule has 0 saturated carbocycles. The van der Waals surface area contributed by atoms with E-state index in [1.807, 2.05) is 4.90 Å². The van der Waals surface area contributed by atoms with Gasteiger partial charge in [0.15, 0.2) is 5.75 Å². The number of piperazine rings is 1. The van der Waals surface area contributed by atoms with Crippen molar-refractivity contribution in [2.24, 2.45) is 4.99 Å². The van der Waals surface area contributed by atoms with Gasteiger partial charge in [-0.3, -0.25) is 4.79 Å². The maximum absolute atomic E-state index is 15.0. The molecule has 0 radical (unpaired) electrons. The molecule has 40 heavy (non-hydrogen) atoms. The summed E-state index contributed by atoms with van der Waals surface area (Å²) in [5.41, 5.74) is -0.268. The maximum atomic E-state index is 15.0. The summed E-state index contributed by atoms with van der Waals surface area (Å²) in [6.45, 7) is 1.42. The van der Waals surface area contributed by atoms with Gasteiger partial charge >= 0.3 is 12.1 Å². The third kappa shape index (κ3) is 5.13. The van der Waals surface area contributed by atoms with Crippen LogP contribution in [0.2, 0.25) is 0 Å². The van der Waals surface area contributed by atoms with E-state index < -0.39 is 41.7 Å². The number of para-hydroxylation sites is 2. The fourth-order valence-electron chi connectivity index (χ4n) is 5.21. The average molecular weight is 561 g/mol. The zero-order valence-corrected chi connectivity index (χ0v) is 21.3. The zero-order chi connectivity index (χ0) is 28.6. The number of benzene rings is 3. The monoisotopic (exact) mass is 560 g/mol. The van der Waals surface area contributed by atoms with Crippen LogP contribution in [0.25, 0.3) is 0 Å². The molecule has 2 heterocycles. The lowest BCUT2D eigenvalue weighted by Gasteiger charge is -2.45. The minimum atomic E-state index is -4.75. The van der Waals surface area contributed by atoms with Crippen molar-refractivity contribution < 1.29 is 36.6 Å². The Hall–Kier alpha value is -4.35. The topological polar surface area (TPSA) is 68.6 Å². The van der Waals surface area contributed by atoms with E-state index in [9.17, 15) is 27.5 Å². The van der Waals surface area contributed by atoms with Crippen LogP contribution in [0.1, 0.15) is 23.6 Å². The van der Waals surface area contributed by atoms with Crippen molar-refractivity contribution in [1.82, 2.24) is 4.90 Å². The smallest absolute Gasteiger partial charge is 0.420 e. The molecule has 1 N–H and O–H groups in total. The number of carboxylic acids is 1. The average Bonchev–Trinajstić information content (AvgIpc) is 2.92. The zero-order valence-electron chi connectivity index (χ0n) is 21.3. The summed E-state index contributed by atoms with van der Waals surface area (Å²) < 4.78 is 75.9. The second kappa shape index (κ2) is 10.7. The second-order valence-electron chi connectivity index (χ2n) is 9.38. The number of nitrogens with zero attached hydrogens (tertiary/aromatic N) is 4. The molecule has 7 nitrogen and oxygen atoms in total. The van der Waals surface area contributed by atoms with E-state index in [0.29, 0.717) is 31.9 Å². The predicted octanol–water partition coefficient (Wildman–Crippen LogP) is 5.84. The van der Waals surface area contributed by atoms with Crippen LogP contribution in [0.4, 0.5) is 39.0 Å². The third-order valence-corrected chi connectivity index (χ3v) is 6.98. The van der Waals surface area contributed by atoms with Gasteiger partial charge in [-0.2, -0.15) is 13.2 Å². The molecule has 2 aliphatic heterocycles. The fraction of sp³-hybridized carbons (Fsp3) is 0.286. The standard InChI is InChI=1S/C28H25F5N4O3/c1-40-26-20(28(31,32)33)8-4-10-22(26)37-23(16-24(38)39)19-7-3-9-21(30)25(19)34-27(37)36-13-11-35(12-14-36)18-6-2-5-17(29)15-18/h2-10,15,23H,11-14,16H2,1H3,(H,38,39). The van der Waals surface area contributed by atoms with Crippen LogP contribution in [0.3, 0.4) is 0 Å². The molecule has 12 heteroatoms. The summed E-state index contributed by atoms with van der Waals surface area (Å²) in [6.07, 6.45) is -5.30. The number of anilines is 2. The fourth-order valence-corrected chi connectivity index (χ4v) is 5.21. The van der Waals surface area contributed by atoms with Crippen molar-refractivity contribution in [3.8, 4) is 5.75 Å². The van der Waals surface area contributed by atoms with Gasteiger partial charge in [-0.1, -0.05) is 24.3 Å². The van der Waals surface area contributed by atoms with Crippen LogP contribution in [-0.4, -0.2) is 55.2 Å². The van der Waals surface area contributed by atoms with Gasteiger partial charge < -0.3 is 24.5 Å². The van der Waals surface area contributed by atoms with Crippen LogP contribution in [-0.2, 0) is 11.0 Å². The van der Waals surface area contributed by atoms with Gasteiger partial charge in [-0.25, -0.2) is 13.8 Å². The predicted molar refractivity (Wildman–Crippen MR) is 139 cm³/mol. The number of fused-ring (bicyclic) bond motifs is 1. The molecule has 5 rings (SSSR count). The largest absolute Gasteiger partial charge is 0.494 e. The third-order valence-electron chi connectivity index (χ3n) is 6.98. The van der Waals surface area contributed by atoms with Gasteiger partial charge in [0.2, 0.25) is 5.96 Å². The number of alkyl halides is 3. The van der Waals surface area contributed by atoms with Gasteiger partial charge in [0.25, 0.3) is 0 Å². The van der Waals surface area contributed by atoms with Gasteiger partial charge in [0, 0.05) is 37.4 Å². The molecule has 0 amide bonds. The van der Waals surface area contributed by atoms with Crippen LogP contribution in [0.15, 0.2) is 65.7 Å². The first-order valence-corrected chi connectivity index (χ1v) is 12.5. The number of carboxylic acid groups (broad SMARTS) is 1. The number of ether oxygens (including phenoxy) is 1. The van der Waals surface area contributed by atoms with Crippen LogP contribution >= 0.6 is 0 Å². The Labute approximate surface area is 226 Å². The number of aliphatic carboxylic acids is 1. The van der Waals surface area contributed by atoms with Gasteiger partial charge in [0.1, 0.15) is 17.3 Å². The molecular formula is C28H25F5N4O3.